The van der Waals surface area contributed by atoms with Crippen LogP contribution in [0.1, 0.15) is 24.0 Å². The van der Waals surface area contributed by atoms with E-state index in [1.807, 2.05) is 30.3 Å². The lowest BCUT2D eigenvalue weighted by Gasteiger charge is -2.27. The number of hydrogen-bond acceptors (Lipinski definition) is 4. The van der Waals surface area contributed by atoms with Gasteiger partial charge in [0.2, 0.25) is 5.91 Å². The van der Waals surface area contributed by atoms with E-state index in [-0.39, 0.29) is 6.61 Å². The number of anilines is 1. The molecule has 5 nitrogen and oxygen atoms in total. The maximum atomic E-state index is 12.5. The highest BCUT2D eigenvalue weighted by atomic mass is 16.5. The Morgan fingerprint density at radius 1 is 1.20 bits per heavy atom. The van der Waals surface area contributed by atoms with E-state index in [4.69, 9.17) is 4.74 Å². The molecular weight excluding hydrogens is 318 g/mol. The van der Waals surface area contributed by atoms with Gasteiger partial charge in [0, 0.05) is 5.69 Å². The molecule has 2 atom stereocenters. The quantitative estimate of drug-likeness (QED) is 0.823. The number of esters is 1. The molecule has 0 saturated carbocycles. The van der Waals surface area contributed by atoms with E-state index in [9.17, 15) is 14.7 Å². The fourth-order valence-corrected chi connectivity index (χ4v) is 2.96. The Bertz CT molecular complexity index is 815. The van der Waals surface area contributed by atoms with Crippen molar-refractivity contribution in [1.29, 1.82) is 0 Å². The Labute approximate surface area is 145 Å². The number of ether oxygens (including phenoxy) is 1. The van der Waals surface area contributed by atoms with Crippen LogP contribution in [-0.2, 0) is 14.3 Å². The van der Waals surface area contributed by atoms with E-state index in [0.717, 1.165) is 5.56 Å². The standard InChI is InChI=1S/C20H19NO4/c1-2-25-19(23)20(24,13-12-14-8-4-3-5-9-14)17-15-10-6-7-11-16(15)21-18(17)22/h3-13,17,24H,2H2,1H3,(H,21,22)/b13-12+. The molecule has 1 aliphatic heterocycles. The number of aliphatic hydroxyl groups is 1. The van der Waals surface area contributed by atoms with Crippen LogP contribution < -0.4 is 5.32 Å². The highest BCUT2D eigenvalue weighted by molar-refractivity contribution is 6.07. The minimum atomic E-state index is -2.09. The van der Waals surface area contributed by atoms with Gasteiger partial charge in [0.1, 0.15) is 5.92 Å². The first kappa shape index (κ1) is 16.9. The number of carbonyl (C=O) groups is 2. The highest BCUT2D eigenvalue weighted by Crippen LogP contribution is 2.41. The van der Waals surface area contributed by atoms with Gasteiger partial charge in [0.05, 0.1) is 6.61 Å². The molecule has 0 aliphatic carbocycles. The third-order valence-corrected chi connectivity index (χ3v) is 4.16. The summed E-state index contributed by atoms with van der Waals surface area (Å²) in [5, 5.41) is 13.9. The van der Waals surface area contributed by atoms with E-state index in [1.165, 1.54) is 6.08 Å². The summed E-state index contributed by atoms with van der Waals surface area (Å²) in [5.41, 5.74) is -0.131. The zero-order valence-corrected chi connectivity index (χ0v) is 13.8. The Morgan fingerprint density at radius 2 is 1.88 bits per heavy atom. The molecule has 128 valence electrons. The van der Waals surface area contributed by atoms with Gasteiger partial charge in [-0.05, 0) is 30.2 Å². The number of amides is 1. The van der Waals surface area contributed by atoms with Crippen LogP contribution in [0.3, 0.4) is 0 Å². The monoisotopic (exact) mass is 337 g/mol. The van der Waals surface area contributed by atoms with E-state index in [2.05, 4.69) is 5.32 Å². The molecule has 0 spiro atoms. The number of nitrogens with one attached hydrogen (secondary N) is 1. The first-order chi connectivity index (χ1) is 12.1. The maximum absolute atomic E-state index is 12.5. The summed E-state index contributed by atoms with van der Waals surface area (Å²) in [6.07, 6.45) is 2.96. The molecule has 1 amide bonds. The van der Waals surface area contributed by atoms with Crippen molar-refractivity contribution in [3.05, 3.63) is 71.8 Å². The van der Waals surface area contributed by atoms with Crippen LogP contribution in [0.5, 0.6) is 0 Å². The van der Waals surface area contributed by atoms with Crippen molar-refractivity contribution >= 4 is 23.6 Å². The Morgan fingerprint density at radius 3 is 2.60 bits per heavy atom. The van der Waals surface area contributed by atoms with Gasteiger partial charge in [0.15, 0.2) is 5.60 Å². The molecule has 25 heavy (non-hydrogen) atoms. The molecule has 5 heteroatoms. The fourth-order valence-electron chi connectivity index (χ4n) is 2.96. The molecule has 0 aromatic heterocycles. The lowest BCUT2D eigenvalue weighted by atomic mass is 9.82. The summed E-state index contributed by atoms with van der Waals surface area (Å²) in [7, 11) is 0. The van der Waals surface area contributed by atoms with E-state index in [1.54, 1.807) is 37.3 Å². The van der Waals surface area contributed by atoms with Crippen LogP contribution in [0.15, 0.2) is 60.7 Å². The summed E-state index contributed by atoms with van der Waals surface area (Å²) >= 11 is 0. The van der Waals surface area contributed by atoms with Crippen LogP contribution in [-0.4, -0.2) is 29.2 Å². The van der Waals surface area contributed by atoms with Crippen molar-refractivity contribution in [1.82, 2.24) is 0 Å². The smallest absolute Gasteiger partial charge is 0.343 e. The van der Waals surface area contributed by atoms with Gasteiger partial charge >= 0.3 is 5.97 Å². The minimum Gasteiger partial charge on any atom is -0.464 e. The van der Waals surface area contributed by atoms with Crippen LogP contribution in [0, 0.1) is 0 Å². The minimum absolute atomic E-state index is 0.107. The molecule has 2 N–H and O–H groups in total. The van der Waals surface area contributed by atoms with E-state index in [0.29, 0.717) is 11.3 Å². The normalized spacial score (nSPS) is 18.5. The number of carbonyl (C=O) groups excluding carboxylic acids is 2. The van der Waals surface area contributed by atoms with Gasteiger partial charge in [0.25, 0.3) is 0 Å². The predicted molar refractivity (Wildman–Crippen MR) is 94.9 cm³/mol. The maximum Gasteiger partial charge on any atom is 0.343 e. The van der Waals surface area contributed by atoms with Crippen LogP contribution in [0.25, 0.3) is 6.08 Å². The third-order valence-electron chi connectivity index (χ3n) is 4.16. The van der Waals surface area contributed by atoms with Crippen molar-refractivity contribution in [3.8, 4) is 0 Å². The number of para-hydroxylation sites is 1. The lowest BCUT2D eigenvalue weighted by Crippen LogP contribution is -2.46. The topological polar surface area (TPSA) is 75.6 Å². The van der Waals surface area contributed by atoms with Crippen LogP contribution >= 0.6 is 0 Å². The average molecular weight is 337 g/mol. The number of rotatable bonds is 5. The summed E-state index contributed by atoms with van der Waals surface area (Å²) in [4.78, 5) is 25.0. The predicted octanol–water partition coefficient (Wildman–Crippen LogP) is 2.73. The second-order valence-corrected chi connectivity index (χ2v) is 5.80. The number of benzene rings is 2. The molecule has 0 bridgehead atoms. The van der Waals surface area contributed by atoms with Crippen LogP contribution in [0.4, 0.5) is 5.69 Å². The molecule has 1 aliphatic rings. The van der Waals surface area contributed by atoms with Gasteiger partial charge < -0.3 is 15.2 Å². The first-order valence-electron chi connectivity index (χ1n) is 8.10. The fraction of sp³-hybridized carbons (Fsp3) is 0.200. The van der Waals surface area contributed by atoms with Crippen LogP contribution in [0.2, 0.25) is 0 Å². The van der Waals surface area contributed by atoms with E-state index >= 15 is 0 Å². The largest absolute Gasteiger partial charge is 0.464 e. The second kappa shape index (κ2) is 6.91. The molecule has 2 unspecified atom stereocenters. The van der Waals surface area contributed by atoms with Crippen molar-refractivity contribution in [2.45, 2.75) is 18.4 Å². The van der Waals surface area contributed by atoms with Gasteiger partial charge in [-0.15, -0.1) is 0 Å². The molecule has 3 rings (SSSR count). The van der Waals surface area contributed by atoms with Gasteiger partial charge in [-0.1, -0.05) is 54.6 Å². The number of fused-ring (bicyclic) bond motifs is 1. The summed E-state index contributed by atoms with van der Waals surface area (Å²) < 4.78 is 5.05. The van der Waals surface area contributed by atoms with Gasteiger partial charge in [-0.3, -0.25) is 4.79 Å². The Balaban J connectivity index is 2.04. The summed E-state index contributed by atoms with van der Waals surface area (Å²) in [6, 6.07) is 16.2. The lowest BCUT2D eigenvalue weighted by molar-refractivity contribution is -0.163. The van der Waals surface area contributed by atoms with Gasteiger partial charge in [-0.25, -0.2) is 4.79 Å². The molecule has 0 radical (unpaired) electrons. The van der Waals surface area contributed by atoms with Gasteiger partial charge in [-0.2, -0.15) is 0 Å². The highest BCUT2D eigenvalue weighted by Gasteiger charge is 2.51. The van der Waals surface area contributed by atoms with Crippen molar-refractivity contribution in [3.63, 3.8) is 0 Å². The van der Waals surface area contributed by atoms with Crippen molar-refractivity contribution < 1.29 is 19.4 Å². The first-order valence-corrected chi connectivity index (χ1v) is 8.10. The zero-order chi connectivity index (χ0) is 17.9. The Kier molecular flexibility index (Phi) is 4.67. The molecule has 2 aromatic rings. The van der Waals surface area contributed by atoms with Crippen molar-refractivity contribution in [2.75, 3.05) is 11.9 Å². The Hall–Kier alpha value is -2.92. The zero-order valence-electron chi connectivity index (χ0n) is 13.8. The molecule has 1 heterocycles. The third kappa shape index (κ3) is 3.19. The SMILES string of the molecule is CCOC(=O)C(O)(/C=C/c1ccccc1)C1C(=O)Nc2ccccc21. The molecular formula is C20H19NO4. The van der Waals surface area contributed by atoms with E-state index < -0.39 is 23.4 Å². The molecule has 0 fully saturated rings. The number of hydrogen-bond donors (Lipinski definition) is 2. The summed E-state index contributed by atoms with van der Waals surface area (Å²) in [6.45, 7) is 1.76. The molecule has 2 aromatic carbocycles. The molecule has 0 saturated heterocycles. The van der Waals surface area contributed by atoms with Crippen molar-refractivity contribution in [2.24, 2.45) is 0 Å². The average Bonchev–Trinajstić information content (AvgIpc) is 2.97. The summed E-state index contributed by atoms with van der Waals surface area (Å²) in [5.74, 6) is -2.35. The second-order valence-electron chi connectivity index (χ2n) is 5.80.